The molecule has 4 nitrogen and oxygen atoms in total. The molecule has 0 saturated heterocycles. The van der Waals surface area contributed by atoms with Gasteiger partial charge >= 0.3 is 0 Å². The van der Waals surface area contributed by atoms with E-state index in [0.717, 1.165) is 23.4 Å². The summed E-state index contributed by atoms with van der Waals surface area (Å²) in [6, 6.07) is 5.21. The van der Waals surface area contributed by atoms with Crippen LogP contribution in [0.4, 0.5) is 0 Å². The number of methoxy groups -OCH3 is 1. The Morgan fingerprint density at radius 1 is 1.38 bits per heavy atom. The van der Waals surface area contributed by atoms with Crippen LogP contribution in [0.25, 0.3) is 0 Å². The Kier molecular flexibility index (Phi) is 5.14. The summed E-state index contributed by atoms with van der Waals surface area (Å²) >= 11 is 12.3. The first-order chi connectivity index (χ1) is 9.97. The highest BCUT2D eigenvalue weighted by molar-refractivity contribution is 6.32. The van der Waals surface area contributed by atoms with Gasteiger partial charge in [0, 0.05) is 30.1 Å². The number of nitrogens with two attached hydrogens (primary N) is 1. The second kappa shape index (κ2) is 6.69. The normalized spacial score (nSPS) is 12.5. The predicted octanol–water partition coefficient (Wildman–Crippen LogP) is 3.54. The lowest BCUT2D eigenvalue weighted by molar-refractivity contribution is 0.405. The molecule has 0 fully saturated rings. The molecule has 1 aromatic carbocycles. The van der Waals surface area contributed by atoms with E-state index >= 15 is 0 Å². The lowest BCUT2D eigenvalue weighted by Crippen LogP contribution is -2.16. The predicted molar refractivity (Wildman–Crippen MR) is 86.2 cm³/mol. The third-order valence-electron chi connectivity index (χ3n) is 3.51. The topological polar surface area (TPSA) is 53.1 Å². The van der Waals surface area contributed by atoms with Crippen LogP contribution in [0.15, 0.2) is 18.2 Å². The van der Waals surface area contributed by atoms with E-state index in [1.165, 1.54) is 0 Å². The fourth-order valence-electron chi connectivity index (χ4n) is 2.35. The molecule has 6 heteroatoms. The van der Waals surface area contributed by atoms with E-state index in [2.05, 4.69) is 5.10 Å². The maximum atomic E-state index is 6.37. The smallest absolute Gasteiger partial charge is 0.125 e. The molecule has 0 saturated carbocycles. The highest BCUT2D eigenvalue weighted by atomic mass is 35.5. The molecule has 0 aliphatic carbocycles. The van der Waals surface area contributed by atoms with E-state index in [4.69, 9.17) is 33.7 Å². The van der Waals surface area contributed by atoms with E-state index in [0.29, 0.717) is 22.2 Å². The standard InChI is InChI=1S/C15H19Cl2N3O/c1-4-12-15(17)13(20(2)19-12)8-11(18)10-6-5-9(16)7-14(10)21-3/h5-7,11H,4,8,18H2,1-3H3. The Hall–Kier alpha value is -1.23. The van der Waals surface area contributed by atoms with Crippen LogP contribution in [0.3, 0.4) is 0 Å². The van der Waals surface area contributed by atoms with E-state index in [1.807, 2.05) is 26.1 Å². The molecule has 2 aromatic rings. The summed E-state index contributed by atoms with van der Waals surface area (Å²) in [5, 5.41) is 5.73. The summed E-state index contributed by atoms with van der Waals surface area (Å²) in [7, 11) is 3.49. The molecule has 21 heavy (non-hydrogen) atoms. The minimum Gasteiger partial charge on any atom is -0.496 e. The second-order valence-electron chi connectivity index (χ2n) is 4.88. The molecule has 0 aliphatic rings. The monoisotopic (exact) mass is 327 g/mol. The Morgan fingerprint density at radius 3 is 2.67 bits per heavy atom. The van der Waals surface area contributed by atoms with Crippen LogP contribution in [-0.2, 0) is 19.9 Å². The number of benzene rings is 1. The molecule has 1 aromatic heterocycles. The molecule has 0 aliphatic heterocycles. The first kappa shape index (κ1) is 16.1. The molecule has 114 valence electrons. The van der Waals surface area contributed by atoms with Crippen molar-refractivity contribution in [1.29, 1.82) is 0 Å². The zero-order valence-electron chi connectivity index (χ0n) is 12.4. The molecule has 0 bridgehead atoms. The van der Waals surface area contributed by atoms with Gasteiger partial charge in [-0.3, -0.25) is 4.68 Å². The molecular weight excluding hydrogens is 309 g/mol. The van der Waals surface area contributed by atoms with Crippen molar-refractivity contribution in [1.82, 2.24) is 9.78 Å². The summed E-state index contributed by atoms with van der Waals surface area (Å²) in [5.41, 5.74) is 9.04. The first-order valence-electron chi connectivity index (χ1n) is 6.77. The molecule has 1 unspecified atom stereocenters. The number of aromatic nitrogens is 2. The highest BCUT2D eigenvalue weighted by Crippen LogP contribution is 2.31. The van der Waals surface area contributed by atoms with Crippen molar-refractivity contribution in [3.05, 3.63) is 45.2 Å². The van der Waals surface area contributed by atoms with Crippen LogP contribution in [0.5, 0.6) is 5.75 Å². The first-order valence-corrected chi connectivity index (χ1v) is 7.52. The SMILES string of the molecule is CCc1nn(C)c(CC(N)c2ccc(Cl)cc2OC)c1Cl. The van der Waals surface area contributed by atoms with Gasteiger partial charge in [-0.05, 0) is 18.6 Å². The van der Waals surface area contributed by atoms with Crippen molar-refractivity contribution < 1.29 is 4.74 Å². The van der Waals surface area contributed by atoms with Crippen molar-refractivity contribution in [2.75, 3.05) is 7.11 Å². The zero-order chi connectivity index (χ0) is 15.6. The van der Waals surface area contributed by atoms with Crippen molar-refractivity contribution in [3.63, 3.8) is 0 Å². The summed E-state index contributed by atoms with van der Waals surface area (Å²) < 4.78 is 7.15. The molecule has 1 atom stereocenters. The van der Waals surface area contributed by atoms with Crippen molar-refractivity contribution in [2.24, 2.45) is 12.8 Å². The largest absolute Gasteiger partial charge is 0.496 e. The van der Waals surface area contributed by atoms with Gasteiger partial charge in [-0.1, -0.05) is 36.2 Å². The Balaban J connectivity index is 2.30. The number of aryl methyl sites for hydroxylation is 2. The minimum absolute atomic E-state index is 0.241. The number of hydrogen-bond donors (Lipinski definition) is 1. The van der Waals surface area contributed by atoms with Gasteiger partial charge < -0.3 is 10.5 Å². The molecule has 2 N–H and O–H groups in total. The van der Waals surface area contributed by atoms with E-state index in [9.17, 15) is 0 Å². The van der Waals surface area contributed by atoms with Crippen LogP contribution in [0.2, 0.25) is 10.0 Å². The van der Waals surface area contributed by atoms with Crippen molar-refractivity contribution >= 4 is 23.2 Å². The van der Waals surface area contributed by atoms with E-state index in [1.54, 1.807) is 17.9 Å². The van der Waals surface area contributed by atoms with Crippen molar-refractivity contribution in [2.45, 2.75) is 25.8 Å². The molecule has 0 spiro atoms. The van der Waals surface area contributed by atoms with Gasteiger partial charge in [0.05, 0.1) is 23.5 Å². The Bertz CT molecular complexity index is 640. The summed E-state index contributed by atoms with van der Waals surface area (Å²) in [5.74, 6) is 0.684. The lowest BCUT2D eigenvalue weighted by Gasteiger charge is -2.16. The molecule has 0 amide bonds. The number of halogens is 2. The maximum absolute atomic E-state index is 6.37. The number of rotatable bonds is 5. The van der Waals surface area contributed by atoms with Crippen molar-refractivity contribution in [3.8, 4) is 5.75 Å². The average Bonchev–Trinajstić information content (AvgIpc) is 2.74. The third kappa shape index (κ3) is 3.34. The molecular formula is C15H19Cl2N3O. The zero-order valence-corrected chi connectivity index (χ0v) is 13.9. The molecule has 1 heterocycles. The van der Waals surface area contributed by atoms with E-state index < -0.39 is 0 Å². The fourth-order valence-corrected chi connectivity index (χ4v) is 2.88. The van der Waals surface area contributed by atoms with Gasteiger partial charge in [0.2, 0.25) is 0 Å². The quantitative estimate of drug-likeness (QED) is 0.913. The molecule has 2 rings (SSSR count). The van der Waals surface area contributed by atoms with E-state index in [-0.39, 0.29) is 6.04 Å². The van der Waals surface area contributed by atoms with Gasteiger partial charge in [0.25, 0.3) is 0 Å². The van der Waals surface area contributed by atoms with Crippen LogP contribution in [-0.4, -0.2) is 16.9 Å². The number of ether oxygens (including phenoxy) is 1. The summed E-state index contributed by atoms with van der Waals surface area (Å²) in [4.78, 5) is 0. The average molecular weight is 328 g/mol. The van der Waals surface area contributed by atoms with Gasteiger partial charge in [0.1, 0.15) is 5.75 Å². The fraction of sp³-hybridized carbons (Fsp3) is 0.400. The highest BCUT2D eigenvalue weighted by Gasteiger charge is 2.19. The Labute approximate surface area is 134 Å². The van der Waals surface area contributed by atoms with Gasteiger partial charge in [-0.2, -0.15) is 5.10 Å². The second-order valence-corrected chi connectivity index (χ2v) is 5.70. The van der Waals surface area contributed by atoms with Crippen LogP contribution in [0.1, 0.15) is 29.9 Å². The summed E-state index contributed by atoms with van der Waals surface area (Å²) in [6.07, 6.45) is 1.38. The number of nitrogens with zero attached hydrogens (tertiary/aromatic N) is 2. The summed E-state index contributed by atoms with van der Waals surface area (Å²) in [6.45, 7) is 2.03. The van der Waals surface area contributed by atoms with Crippen LogP contribution >= 0.6 is 23.2 Å². The Morgan fingerprint density at radius 2 is 2.10 bits per heavy atom. The lowest BCUT2D eigenvalue weighted by atomic mass is 10.0. The van der Waals surface area contributed by atoms with Gasteiger partial charge in [0.15, 0.2) is 0 Å². The van der Waals surface area contributed by atoms with Gasteiger partial charge in [-0.25, -0.2) is 0 Å². The minimum atomic E-state index is -0.241. The van der Waals surface area contributed by atoms with Crippen LogP contribution in [0, 0.1) is 0 Å². The van der Waals surface area contributed by atoms with Crippen LogP contribution < -0.4 is 10.5 Å². The maximum Gasteiger partial charge on any atom is 0.125 e. The number of hydrogen-bond acceptors (Lipinski definition) is 3. The van der Waals surface area contributed by atoms with Gasteiger partial charge in [-0.15, -0.1) is 0 Å². The molecule has 0 radical (unpaired) electrons. The third-order valence-corrected chi connectivity index (χ3v) is 4.18.